The summed E-state index contributed by atoms with van der Waals surface area (Å²) in [4.78, 5) is 14.9. The van der Waals surface area contributed by atoms with Crippen LogP contribution in [-0.2, 0) is 0 Å². The van der Waals surface area contributed by atoms with Gasteiger partial charge in [-0.3, -0.25) is 4.57 Å². The molecule has 5 heteroatoms. The number of rotatable bonds is 1. The van der Waals surface area contributed by atoms with Gasteiger partial charge in [0, 0.05) is 11.6 Å². The highest BCUT2D eigenvalue weighted by atomic mass is 35.5. The van der Waals surface area contributed by atoms with Crippen molar-refractivity contribution in [1.82, 2.24) is 14.9 Å². The van der Waals surface area contributed by atoms with E-state index in [1.54, 1.807) is 0 Å². The number of fused-ring (bicyclic) bond motifs is 1. The van der Waals surface area contributed by atoms with E-state index in [0.29, 0.717) is 5.02 Å². The lowest BCUT2D eigenvalue weighted by molar-refractivity contribution is 0.545. The molecule has 2 heterocycles. The van der Waals surface area contributed by atoms with Crippen molar-refractivity contribution in [2.24, 2.45) is 0 Å². The molecule has 0 bridgehead atoms. The quantitative estimate of drug-likeness (QED) is 0.812. The predicted octanol–water partition coefficient (Wildman–Crippen LogP) is 1.83. The highest BCUT2D eigenvalue weighted by Gasteiger charge is 2.22. The number of imidazole rings is 1. The molecule has 0 radical (unpaired) electrons. The monoisotopic (exact) mass is 251 g/mol. The predicted molar refractivity (Wildman–Crippen MR) is 68.8 cm³/mol. The van der Waals surface area contributed by atoms with Gasteiger partial charge < -0.3 is 10.3 Å². The van der Waals surface area contributed by atoms with E-state index < -0.39 is 0 Å². The SMILES string of the molecule is Cc1c(Cl)ccc2[nH]c(=O)n(C3CCNC3)c12. The molecule has 0 aliphatic carbocycles. The van der Waals surface area contributed by atoms with E-state index in [1.165, 1.54) is 0 Å². The lowest BCUT2D eigenvalue weighted by Gasteiger charge is -2.12. The lowest BCUT2D eigenvalue weighted by Crippen LogP contribution is -2.24. The molecule has 3 rings (SSSR count). The van der Waals surface area contributed by atoms with Crippen LogP contribution in [-0.4, -0.2) is 22.6 Å². The first-order chi connectivity index (χ1) is 8.18. The summed E-state index contributed by atoms with van der Waals surface area (Å²) in [6.45, 7) is 3.76. The van der Waals surface area contributed by atoms with Crippen molar-refractivity contribution < 1.29 is 0 Å². The number of aromatic amines is 1. The van der Waals surface area contributed by atoms with Crippen LogP contribution in [0, 0.1) is 6.92 Å². The summed E-state index contributed by atoms with van der Waals surface area (Å²) < 4.78 is 1.84. The van der Waals surface area contributed by atoms with Crippen LogP contribution in [0.4, 0.5) is 0 Å². The van der Waals surface area contributed by atoms with Crippen LogP contribution in [0.5, 0.6) is 0 Å². The van der Waals surface area contributed by atoms with Gasteiger partial charge in [-0.2, -0.15) is 0 Å². The van der Waals surface area contributed by atoms with Gasteiger partial charge in [-0.05, 0) is 37.6 Å². The van der Waals surface area contributed by atoms with Crippen molar-refractivity contribution in [1.29, 1.82) is 0 Å². The molecule has 0 saturated carbocycles. The van der Waals surface area contributed by atoms with Gasteiger partial charge in [-0.1, -0.05) is 11.6 Å². The summed E-state index contributed by atoms with van der Waals surface area (Å²) >= 11 is 6.13. The molecule has 1 aromatic carbocycles. The van der Waals surface area contributed by atoms with Crippen molar-refractivity contribution in [2.75, 3.05) is 13.1 Å². The van der Waals surface area contributed by atoms with Crippen LogP contribution in [0.25, 0.3) is 11.0 Å². The fourth-order valence-electron chi connectivity index (χ4n) is 2.57. The van der Waals surface area contributed by atoms with Crippen LogP contribution >= 0.6 is 11.6 Å². The maximum absolute atomic E-state index is 12.0. The summed E-state index contributed by atoms with van der Waals surface area (Å²) in [7, 11) is 0. The minimum Gasteiger partial charge on any atom is -0.315 e. The molecule has 1 unspecified atom stereocenters. The van der Waals surface area contributed by atoms with Crippen LogP contribution < -0.4 is 11.0 Å². The Kier molecular flexibility index (Phi) is 2.49. The Morgan fingerprint density at radius 2 is 2.29 bits per heavy atom. The van der Waals surface area contributed by atoms with E-state index in [4.69, 9.17) is 11.6 Å². The van der Waals surface area contributed by atoms with E-state index in [9.17, 15) is 4.79 Å². The third-order valence-corrected chi connectivity index (χ3v) is 3.88. The molecule has 1 aliphatic rings. The van der Waals surface area contributed by atoms with Gasteiger partial charge in [0.15, 0.2) is 0 Å². The molecule has 2 N–H and O–H groups in total. The molecule has 2 aromatic rings. The first-order valence-electron chi connectivity index (χ1n) is 5.78. The van der Waals surface area contributed by atoms with Gasteiger partial charge in [0.1, 0.15) is 0 Å². The number of hydrogen-bond donors (Lipinski definition) is 2. The van der Waals surface area contributed by atoms with Crippen molar-refractivity contribution >= 4 is 22.6 Å². The summed E-state index contributed by atoms with van der Waals surface area (Å²) in [6.07, 6.45) is 0.985. The van der Waals surface area contributed by atoms with E-state index >= 15 is 0 Å². The highest BCUT2D eigenvalue weighted by molar-refractivity contribution is 6.32. The normalized spacial score (nSPS) is 20.2. The number of nitrogens with one attached hydrogen (secondary N) is 2. The lowest BCUT2D eigenvalue weighted by atomic mass is 10.2. The summed E-state index contributed by atoms with van der Waals surface area (Å²) in [5.74, 6) is 0. The Hall–Kier alpha value is -1.26. The zero-order valence-corrected chi connectivity index (χ0v) is 10.3. The first kappa shape index (κ1) is 10.9. The standard InChI is InChI=1S/C12H14ClN3O/c1-7-9(13)2-3-10-11(7)16(12(17)15-10)8-4-5-14-6-8/h2-3,8,14H,4-6H2,1H3,(H,15,17). The number of benzene rings is 1. The second-order valence-corrected chi connectivity index (χ2v) is 4.92. The van der Waals surface area contributed by atoms with E-state index in [2.05, 4.69) is 10.3 Å². The molecule has 17 heavy (non-hydrogen) atoms. The van der Waals surface area contributed by atoms with Crippen LogP contribution in [0.1, 0.15) is 18.0 Å². The number of halogens is 1. The molecule has 1 aliphatic heterocycles. The maximum Gasteiger partial charge on any atom is 0.326 e. The number of H-pyrrole nitrogens is 1. The number of aromatic nitrogens is 2. The molecule has 0 amide bonds. The van der Waals surface area contributed by atoms with E-state index in [0.717, 1.165) is 36.1 Å². The zero-order chi connectivity index (χ0) is 12.0. The highest BCUT2D eigenvalue weighted by Crippen LogP contribution is 2.26. The van der Waals surface area contributed by atoms with Crippen molar-refractivity contribution in [3.8, 4) is 0 Å². The van der Waals surface area contributed by atoms with Gasteiger partial charge in [0.05, 0.1) is 17.1 Å². The van der Waals surface area contributed by atoms with Gasteiger partial charge >= 0.3 is 5.69 Å². The first-order valence-corrected chi connectivity index (χ1v) is 6.16. The Balaban J connectivity index is 2.32. The summed E-state index contributed by atoms with van der Waals surface area (Å²) in [6, 6.07) is 3.92. The van der Waals surface area contributed by atoms with Gasteiger partial charge in [-0.15, -0.1) is 0 Å². The third kappa shape index (κ3) is 1.59. The molecular formula is C12H14ClN3O. The average molecular weight is 252 g/mol. The minimum absolute atomic E-state index is 0.0425. The number of nitrogens with zero attached hydrogens (tertiary/aromatic N) is 1. The Morgan fingerprint density at radius 1 is 1.47 bits per heavy atom. The maximum atomic E-state index is 12.0. The van der Waals surface area contributed by atoms with Gasteiger partial charge in [-0.25, -0.2) is 4.79 Å². The molecular weight excluding hydrogens is 238 g/mol. The molecule has 90 valence electrons. The smallest absolute Gasteiger partial charge is 0.315 e. The van der Waals surface area contributed by atoms with E-state index in [1.807, 2.05) is 23.6 Å². The van der Waals surface area contributed by atoms with E-state index in [-0.39, 0.29) is 11.7 Å². The molecule has 1 fully saturated rings. The second kappa shape index (κ2) is 3.89. The molecule has 1 saturated heterocycles. The minimum atomic E-state index is -0.0425. The summed E-state index contributed by atoms with van der Waals surface area (Å²) in [5, 5.41) is 3.98. The van der Waals surface area contributed by atoms with Crippen molar-refractivity contribution in [3.05, 3.63) is 33.2 Å². The Bertz CT molecular complexity index is 622. The molecule has 1 aromatic heterocycles. The second-order valence-electron chi connectivity index (χ2n) is 4.52. The van der Waals surface area contributed by atoms with Gasteiger partial charge in [0.25, 0.3) is 0 Å². The van der Waals surface area contributed by atoms with Crippen molar-refractivity contribution in [2.45, 2.75) is 19.4 Å². The third-order valence-electron chi connectivity index (χ3n) is 3.47. The Labute approximate surface area is 104 Å². The molecule has 1 atom stereocenters. The average Bonchev–Trinajstić information content (AvgIpc) is 2.90. The van der Waals surface area contributed by atoms with Crippen molar-refractivity contribution in [3.63, 3.8) is 0 Å². The van der Waals surface area contributed by atoms with Gasteiger partial charge in [0.2, 0.25) is 0 Å². The van der Waals surface area contributed by atoms with Crippen LogP contribution in [0.2, 0.25) is 5.02 Å². The fraction of sp³-hybridized carbons (Fsp3) is 0.417. The molecule has 0 spiro atoms. The Morgan fingerprint density at radius 3 is 3.00 bits per heavy atom. The zero-order valence-electron chi connectivity index (χ0n) is 9.59. The molecule has 4 nitrogen and oxygen atoms in total. The largest absolute Gasteiger partial charge is 0.326 e. The van der Waals surface area contributed by atoms with Crippen LogP contribution in [0.3, 0.4) is 0 Å². The summed E-state index contributed by atoms with van der Waals surface area (Å²) in [5.41, 5.74) is 2.73. The number of aryl methyl sites for hydroxylation is 1. The van der Waals surface area contributed by atoms with Crippen LogP contribution in [0.15, 0.2) is 16.9 Å². The topological polar surface area (TPSA) is 49.8 Å². The fourth-order valence-corrected chi connectivity index (χ4v) is 2.72. The number of hydrogen-bond acceptors (Lipinski definition) is 2.